The highest BCUT2D eigenvalue weighted by atomic mass is 35.5. The fourth-order valence-corrected chi connectivity index (χ4v) is 4.03. The molecule has 2 unspecified atom stereocenters. The molecule has 178 valence electrons. The average molecular weight is 488 g/mol. The number of aryl methyl sites for hydroxylation is 3. The number of hydrazine groups is 1. The van der Waals surface area contributed by atoms with E-state index in [4.69, 9.17) is 16.3 Å². The van der Waals surface area contributed by atoms with Gasteiger partial charge in [0.1, 0.15) is 17.3 Å². The number of aromatic nitrogens is 1. The van der Waals surface area contributed by atoms with E-state index in [1.165, 1.54) is 12.1 Å². The lowest BCUT2D eigenvalue weighted by Crippen LogP contribution is -2.56. The fourth-order valence-electron chi connectivity index (χ4n) is 3.90. The van der Waals surface area contributed by atoms with Gasteiger partial charge in [-0.2, -0.15) is 0 Å². The second-order valence-corrected chi connectivity index (χ2v) is 8.76. The van der Waals surface area contributed by atoms with E-state index in [1.54, 1.807) is 12.3 Å². The Balaban J connectivity index is 1.29. The maximum atomic E-state index is 13.4. The molecular formula is C25H24ClF2N3O3. The second kappa shape index (κ2) is 10.8. The highest BCUT2D eigenvalue weighted by molar-refractivity contribution is 6.30. The number of aromatic amines is 1. The van der Waals surface area contributed by atoms with Crippen molar-refractivity contribution in [3.8, 4) is 0 Å². The van der Waals surface area contributed by atoms with Crippen molar-refractivity contribution in [1.29, 1.82) is 0 Å². The molecule has 2 atom stereocenters. The van der Waals surface area contributed by atoms with Crippen LogP contribution >= 0.6 is 11.6 Å². The van der Waals surface area contributed by atoms with Gasteiger partial charge in [0.05, 0.1) is 0 Å². The van der Waals surface area contributed by atoms with Crippen molar-refractivity contribution in [2.75, 3.05) is 0 Å². The fraction of sp³-hybridized carbons (Fsp3) is 0.280. The Labute approximate surface area is 200 Å². The zero-order valence-corrected chi connectivity index (χ0v) is 19.0. The van der Waals surface area contributed by atoms with E-state index in [0.717, 1.165) is 30.0 Å². The van der Waals surface area contributed by atoms with Gasteiger partial charge in [0.25, 0.3) is 5.91 Å². The Bertz CT molecular complexity index is 1150. The van der Waals surface area contributed by atoms with Crippen LogP contribution in [0.1, 0.15) is 40.0 Å². The molecule has 9 heteroatoms. The number of carbonyl (C=O) groups excluding carboxylic acids is 2. The van der Waals surface area contributed by atoms with Gasteiger partial charge in [-0.1, -0.05) is 23.7 Å². The van der Waals surface area contributed by atoms with E-state index in [9.17, 15) is 18.4 Å². The lowest BCUT2D eigenvalue weighted by molar-refractivity contribution is -0.134. The third-order valence-electron chi connectivity index (χ3n) is 5.72. The number of benzene rings is 2. The predicted octanol–water partition coefficient (Wildman–Crippen LogP) is 4.28. The summed E-state index contributed by atoms with van der Waals surface area (Å²) < 4.78 is 32.2. The van der Waals surface area contributed by atoms with Crippen LogP contribution in [0, 0.1) is 11.6 Å². The van der Waals surface area contributed by atoms with Crippen LogP contribution in [0.2, 0.25) is 5.02 Å². The third-order valence-corrected chi connectivity index (χ3v) is 5.97. The van der Waals surface area contributed by atoms with Gasteiger partial charge in [0, 0.05) is 29.7 Å². The number of halogens is 3. The summed E-state index contributed by atoms with van der Waals surface area (Å²) in [7, 11) is 0. The van der Waals surface area contributed by atoms with Crippen molar-refractivity contribution < 1.29 is 23.1 Å². The van der Waals surface area contributed by atoms with E-state index < -0.39 is 29.6 Å². The van der Waals surface area contributed by atoms with Crippen LogP contribution in [0.25, 0.3) is 0 Å². The first kappa shape index (κ1) is 23.9. The summed E-state index contributed by atoms with van der Waals surface area (Å²) in [4.78, 5) is 27.7. The molecule has 1 saturated heterocycles. The van der Waals surface area contributed by atoms with Gasteiger partial charge in [0.2, 0.25) is 0 Å². The largest absolute Gasteiger partial charge is 0.447 e. The van der Waals surface area contributed by atoms with Crippen LogP contribution < -0.4 is 10.9 Å². The molecule has 0 saturated carbocycles. The maximum Gasteiger partial charge on any atom is 0.355 e. The Morgan fingerprint density at radius 1 is 0.971 bits per heavy atom. The molecule has 1 aromatic heterocycles. The van der Waals surface area contributed by atoms with Crippen LogP contribution in [0.3, 0.4) is 0 Å². The lowest BCUT2D eigenvalue weighted by Gasteiger charge is -2.29. The van der Waals surface area contributed by atoms with Crippen LogP contribution in [0.15, 0.2) is 54.7 Å². The quantitative estimate of drug-likeness (QED) is 0.414. The van der Waals surface area contributed by atoms with Crippen molar-refractivity contribution >= 4 is 23.5 Å². The van der Waals surface area contributed by atoms with Crippen molar-refractivity contribution in [1.82, 2.24) is 15.8 Å². The molecule has 2 aromatic carbocycles. The SMILES string of the molecule is O=C(OC1CC(CCc2cc(F)cc(F)c2)NNC1=O)c1cc(CCc2ccc(Cl)cc2)c[nH]1. The van der Waals surface area contributed by atoms with E-state index in [2.05, 4.69) is 15.8 Å². The van der Waals surface area contributed by atoms with E-state index >= 15 is 0 Å². The van der Waals surface area contributed by atoms with Gasteiger partial charge in [-0.25, -0.2) is 19.0 Å². The number of ether oxygens (including phenoxy) is 1. The number of rotatable bonds is 8. The van der Waals surface area contributed by atoms with E-state index in [1.807, 2.05) is 24.3 Å². The molecule has 1 aliphatic rings. The van der Waals surface area contributed by atoms with Crippen LogP contribution in [0.4, 0.5) is 8.78 Å². The summed E-state index contributed by atoms with van der Waals surface area (Å²) in [6.45, 7) is 0. The highest BCUT2D eigenvalue weighted by Gasteiger charge is 2.32. The van der Waals surface area contributed by atoms with Crippen molar-refractivity contribution in [2.24, 2.45) is 0 Å². The molecule has 4 rings (SSSR count). The number of amides is 1. The summed E-state index contributed by atoms with van der Waals surface area (Å²) in [5, 5.41) is 0.683. The second-order valence-electron chi connectivity index (χ2n) is 8.32. The van der Waals surface area contributed by atoms with Gasteiger partial charge in [-0.3, -0.25) is 10.2 Å². The topological polar surface area (TPSA) is 83.2 Å². The highest BCUT2D eigenvalue weighted by Crippen LogP contribution is 2.18. The number of nitrogens with one attached hydrogen (secondary N) is 3. The Hall–Kier alpha value is -3.23. The van der Waals surface area contributed by atoms with E-state index in [0.29, 0.717) is 23.4 Å². The minimum atomic E-state index is -0.969. The molecular weight excluding hydrogens is 464 g/mol. The van der Waals surface area contributed by atoms with E-state index in [-0.39, 0.29) is 18.2 Å². The number of hydrogen-bond donors (Lipinski definition) is 3. The first-order valence-electron chi connectivity index (χ1n) is 11.0. The Morgan fingerprint density at radius 3 is 2.41 bits per heavy atom. The van der Waals surface area contributed by atoms with Gasteiger partial charge in [-0.15, -0.1) is 0 Å². The summed E-state index contributed by atoms with van der Waals surface area (Å²) >= 11 is 5.91. The molecule has 6 nitrogen and oxygen atoms in total. The maximum absolute atomic E-state index is 13.4. The number of H-pyrrole nitrogens is 1. The lowest BCUT2D eigenvalue weighted by atomic mass is 9.99. The molecule has 2 heterocycles. The Morgan fingerprint density at radius 2 is 1.68 bits per heavy atom. The van der Waals surface area contributed by atoms with Gasteiger partial charge in [-0.05, 0) is 72.7 Å². The van der Waals surface area contributed by atoms with Crippen molar-refractivity contribution in [3.05, 3.63) is 93.8 Å². The monoisotopic (exact) mass is 487 g/mol. The zero-order chi connectivity index (χ0) is 24.1. The summed E-state index contributed by atoms with van der Waals surface area (Å²) in [6.07, 6.45) is 3.43. The normalized spacial score (nSPS) is 17.9. The molecule has 0 spiro atoms. The number of carbonyl (C=O) groups is 2. The predicted molar refractivity (Wildman–Crippen MR) is 123 cm³/mol. The van der Waals surface area contributed by atoms with Crippen LogP contribution in [-0.2, 0) is 28.8 Å². The molecule has 1 aliphatic heterocycles. The molecule has 1 amide bonds. The van der Waals surface area contributed by atoms with Gasteiger partial charge in [0.15, 0.2) is 6.10 Å². The molecule has 0 aliphatic carbocycles. The smallest absolute Gasteiger partial charge is 0.355 e. The summed E-state index contributed by atoms with van der Waals surface area (Å²) in [5.74, 6) is -2.34. The van der Waals surface area contributed by atoms with Gasteiger partial charge < -0.3 is 9.72 Å². The van der Waals surface area contributed by atoms with Crippen LogP contribution in [0.5, 0.6) is 0 Å². The molecule has 1 fully saturated rings. The van der Waals surface area contributed by atoms with Gasteiger partial charge >= 0.3 is 5.97 Å². The third kappa shape index (κ3) is 6.42. The molecule has 3 aromatic rings. The average Bonchev–Trinajstić information content (AvgIpc) is 3.28. The Kier molecular flexibility index (Phi) is 7.59. The standard InChI is InChI=1S/C25H24ClF2N3O3/c26-18-6-3-15(4-7-18)1-2-17-11-22(29-14-17)25(33)34-23-13-21(30-31-24(23)32)8-5-16-9-19(27)12-20(28)10-16/h3-4,6-7,9-12,14,21,23,29-30H,1-2,5,8,13H2,(H,31,32). The first-order chi connectivity index (χ1) is 16.4. The zero-order valence-electron chi connectivity index (χ0n) is 18.2. The minimum absolute atomic E-state index is 0.222. The van der Waals surface area contributed by atoms with Crippen molar-refractivity contribution in [3.63, 3.8) is 0 Å². The molecule has 34 heavy (non-hydrogen) atoms. The molecule has 0 radical (unpaired) electrons. The number of hydrogen-bond acceptors (Lipinski definition) is 4. The first-order valence-corrected chi connectivity index (χ1v) is 11.4. The molecule has 0 bridgehead atoms. The minimum Gasteiger partial charge on any atom is -0.447 e. The summed E-state index contributed by atoms with van der Waals surface area (Å²) in [5.41, 5.74) is 8.23. The van der Waals surface area contributed by atoms with Crippen LogP contribution in [-0.4, -0.2) is 29.0 Å². The van der Waals surface area contributed by atoms with Crippen molar-refractivity contribution in [2.45, 2.75) is 44.2 Å². The number of esters is 1. The molecule has 3 N–H and O–H groups in total. The summed E-state index contributed by atoms with van der Waals surface area (Å²) in [6, 6.07) is 12.5.